The Bertz CT molecular complexity index is 586. The lowest BCUT2D eigenvalue weighted by atomic mass is 10.1. The standard InChI is InChI=1S/C15H19BrN4O2/c16-14(12(18)8-17)15(22)19-9-13(21)10-3-4-11(7-10)20-5-1-2-6-20/h3-4,8,17H,1-2,5-7,9,18H2,(H,19,22)/b14-12-,17-8?. The van der Waals surface area contributed by atoms with Gasteiger partial charge in [-0.2, -0.15) is 0 Å². The number of hydrogen-bond acceptors (Lipinski definition) is 5. The van der Waals surface area contributed by atoms with Crippen LogP contribution in [0.15, 0.2) is 33.6 Å². The van der Waals surface area contributed by atoms with Crippen molar-refractivity contribution in [3.63, 3.8) is 0 Å². The second-order valence-electron chi connectivity index (χ2n) is 5.24. The van der Waals surface area contributed by atoms with Gasteiger partial charge in [0.25, 0.3) is 5.91 Å². The van der Waals surface area contributed by atoms with Crippen molar-refractivity contribution < 1.29 is 9.59 Å². The fourth-order valence-corrected chi connectivity index (χ4v) is 2.72. The molecule has 7 heteroatoms. The summed E-state index contributed by atoms with van der Waals surface area (Å²) in [5.74, 6) is -0.604. The molecule has 118 valence electrons. The molecule has 1 aliphatic carbocycles. The van der Waals surface area contributed by atoms with Crippen LogP contribution < -0.4 is 11.1 Å². The first-order valence-electron chi connectivity index (χ1n) is 7.14. The highest BCUT2D eigenvalue weighted by Crippen LogP contribution is 2.26. The second-order valence-corrected chi connectivity index (χ2v) is 6.03. The van der Waals surface area contributed by atoms with Gasteiger partial charge >= 0.3 is 0 Å². The summed E-state index contributed by atoms with van der Waals surface area (Å²) in [6.07, 6.45) is 7.73. The minimum absolute atomic E-state index is 0.0167. The number of nitrogens with two attached hydrogens (primary N) is 1. The van der Waals surface area contributed by atoms with E-state index in [2.05, 4.69) is 26.1 Å². The van der Waals surface area contributed by atoms with Crippen molar-refractivity contribution in [3.05, 3.63) is 33.6 Å². The van der Waals surface area contributed by atoms with Gasteiger partial charge in [-0.25, -0.2) is 0 Å². The van der Waals surface area contributed by atoms with E-state index in [1.165, 1.54) is 18.5 Å². The lowest BCUT2D eigenvalue weighted by Gasteiger charge is -2.19. The summed E-state index contributed by atoms with van der Waals surface area (Å²) in [6, 6.07) is 0. The monoisotopic (exact) mass is 366 g/mol. The van der Waals surface area contributed by atoms with Gasteiger partial charge in [0.05, 0.1) is 12.2 Å². The number of allylic oxidation sites excluding steroid dienone is 4. The highest BCUT2D eigenvalue weighted by molar-refractivity contribution is 9.12. The first-order chi connectivity index (χ1) is 10.5. The van der Waals surface area contributed by atoms with E-state index in [4.69, 9.17) is 11.1 Å². The van der Waals surface area contributed by atoms with Gasteiger partial charge in [0.15, 0.2) is 5.78 Å². The largest absolute Gasteiger partial charge is 0.396 e. The number of ketones is 1. The van der Waals surface area contributed by atoms with E-state index in [-0.39, 0.29) is 22.5 Å². The van der Waals surface area contributed by atoms with Crippen LogP contribution in [0.1, 0.15) is 19.3 Å². The molecular formula is C15H19BrN4O2. The molecule has 0 aromatic rings. The summed E-state index contributed by atoms with van der Waals surface area (Å²) in [5, 5.41) is 9.49. The van der Waals surface area contributed by atoms with Crippen LogP contribution in [0.25, 0.3) is 0 Å². The van der Waals surface area contributed by atoms with Gasteiger partial charge in [0.2, 0.25) is 0 Å². The summed E-state index contributed by atoms with van der Waals surface area (Å²) >= 11 is 3.01. The SMILES string of the molecule is N=C/C(N)=C(/Br)C(=O)NCC(=O)C1=CC=C(N2CCCC2)C1. The number of nitrogens with one attached hydrogen (secondary N) is 2. The number of amides is 1. The first kappa shape index (κ1) is 16.5. The van der Waals surface area contributed by atoms with Crippen LogP contribution in [0.2, 0.25) is 0 Å². The molecular weight excluding hydrogens is 348 g/mol. The highest BCUT2D eigenvalue weighted by atomic mass is 79.9. The van der Waals surface area contributed by atoms with Crippen molar-refractivity contribution in [2.45, 2.75) is 19.3 Å². The minimum atomic E-state index is -0.499. The van der Waals surface area contributed by atoms with Crippen LogP contribution >= 0.6 is 15.9 Å². The van der Waals surface area contributed by atoms with Crippen LogP contribution in [0.5, 0.6) is 0 Å². The van der Waals surface area contributed by atoms with Gasteiger partial charge in [0.1, 0.15) is 4.48 Å². The summed E-state index contributed by atoms with van der Waals surface area (Å²) in [6.45, 7) is 2.03. The normalized spacial score (nSPS) is 18.5. The van der Waals surface area contributed by atoms with Gasteiger partial charge in [0, 0.05) is 37.0 Å². The quantitative estimate of drug-likeness (QED) is 0.485. The van der Waals surface area contributed by atoms with Crippen molar-refractivity contribution in [3.8, 4) is 0 Å². The van der Waals surface area contributed by atoms with E-state index < -0.39 is 5.91 Å². The third-order valence-corrected chi connectivity index (χ3v) is 4.55. The van der Waals surface area contributed by atoms with Crippen molar-refractivity contribution in [1.82, 2.24) is 10.2 Å². The van der Waals surface area contributed by atoms with Gasteiger partial charge in [-0.15, -0.1) is 0 Å². The highest BCUT2D eigenvalue weighted by Gasteiger charge is 2.22. The second kappa shape index (κ2) is 7.40. The zero-order valence-electron chi connectivity index (χ0n) is 12.2. The summed E-state index contributed by atoms with van der Waals surface area (Å²) < 4.78 is 0.0617. The van der Waals surface area contributed by atoms with E-state index in [9.17, 15) is 9.59 Å². The van der Waals surface area contributed by atoms with Crippen LogP contribution in [0.3, 0.4) is 0 Å². The van der Waals surface area contributed by atoms with Gasteiger partial charge in [-0.05, 0) is 34.8 Å². The average molecular weight is 367 g/mol. The number of carbonyl (C=O) groups excluding carboxylic acids is 2. The molecule has 0 unspecified atom stereocenters. The van der Waals surface area contributed by atoms with Crippen molar-refractivity contribution in [1.29, 1.82) is 5.41 Å². The molecule has 4 N–H and O–H groups in total. The molecule has 0 atom stereocenters. The third kappa shape index (κ3) is 3.85. The van der Waals surface area contributed by atoms with E-state index in [0.717, 1.165) is 19.3 Å². The molecule has 0 aromatic carbocycles. The van der Waals surface area contributed by atoms with Crippen LogP contribution in [-0.4, -0.2) is 42.4 Å². The van der Waals surface area contributed by atoms with Gasteiger partial charge < -0.3 is 21.4 Å². The summed E-state index contributed by atoms with van der Waals surface area (Å²) in [4.78, 5) is 26.2. The fraction of sp³-hybridized carbons (Fsp3) is 0.400. The number of carbonyl (C=O) groups is 2. The number of Topliss-reactive ketones (excluding diaryl/α,β-unsaturated/α-hetero) is 1. The molecule has 0 aromatic heterocycles. The number of rotatable bonds is 6. The Morgan fingerprint density at radius 3 is 2.68 bits per heavy atom. The predicted octanol–water partition coefficient (Wildman–Crippen LogP) is 1.20. The Morgan fingerprint density at radius 1 is 1.36 bits per heavy atom. The van der Waals surface area contributed by atoms with Gasteiger partial charge in [-0.3, -0.25) is 9.59 Å². The zero-order chi connectivity index (χ0) is 16.1. The molecule has 0 spiro atoms. The van der Waals surface area contributed by atoms with Crippen molar-refractivity contribution in [2.24, 2.45) is 5.73 Å². The fourth-order valence-electron chi connectivity index (χ4n) is 2.47. The third-order valence-electron chi connectivity index (χ3n) is 3.74. The molecule has 1 amide bonds. The number of nitrogens with zero attached hydrogens (tertiary/aromatic N) is 1. The van der Waals surface area contributed by atoms with Crippen LogP contribution in [-0.2, 0) is 9.59 Å². The number of likely N-dealkylation sites (tertiary alicyclic amines) is 1. The molecule has 2 rings (SSSR count). The van der Waals surface area contributed by atoms with E-state index in [1.54, 1.807) is 0 Å². The molecule has 1 heterocycles. The first-order valence-corrected chi connectivity index (χ1v) is 7.94. The minimum Gasteiger partial charge on any atom is -0.396 e. The predicted molar refractivity (Wildman–Crippen MR) is 88.5 cm³/mol. The Morgan fingerprint density at radius 2 is 2.05 bits per heavy atom. The Kier molecular flexibility index (Phi) is 5.54. The summed E-state index contributed by atoms with van der Waals surface area (Å²) in [5.41, 5.74) is 7.36. The molecule has 22 heavy (non-hydrogen) atoms. The molecule has 0 radical (unpaired) electrons. The van der Waals surface area contributed by atoms with Gasteiger partial charge in [-0.1, -0.05) is 6.08 Å². The molecule has 0 bridgehead atoms. The number of halogens is 1. The Balaban J connectivity index is 1.82. The molecule has 1 saturated heterocycles. The van der Waals surface area contributed by atoms with E-state index in [1.807, 2.05) is 12.2 Å². The molecule has 2 aliphatic rings. The van der Waals surface area contributed by atoms with E-state index in [0.29, 0.717) is 12.0 Å². The topological polar surface area (TPSA) is 99.3 Å². The average Bonchev–Trinajstić information content (AvgIpc) is 3.20. The summed E-state index contributed by atoms with van der Waals surface area (Å²) in [7, 11) is 0. The Labute approximate surface area is 137 Å². The lowest BCUT2D eigenvalue weighted by molar-refractivity contribution is -0.121. The Hall–Kier alpha value is -1.89. The maximum Gasteiger partial charge on any atom is 0.260 e. The molecule has 6 nitrogen and oxygen atoms in total. The maximum atomic E-state index is 12.1. The van der Waals surface area contributed by atoms with Crippen molar-refractivity contribution >= 4 is 33.8 Å². The van der Waals surface area contributed by atoms with Crippen LogP contribution in [0.4, 0.5) is 0 Å². The molecule has 1 fully saturated rings. The zero-order valence-corrected chi connectivity index (χ0v) is 13.8. The molecule has 0 saturated carbocycles. The smallest absolute Gasteiger partial charge is 0.260 e. The van der Waals surface area contributed by atoms with Crippen molar-refractivity contribution in [2.75, 3.05) is 19.6 Å². The maximum absolute atomic E-state index is 12.1. The van der Waals surface area contributed by atoms with E-state index >= 15 is 0 Å². The molecule has 1 aliphatic heterocycles. The lowest BCUT2D eigenvalue weighted by Crippen LogP contribution is -2.31. The number of hydrogen-bond donors (Lipinski definition) is 3. The van der Waals surface area contributed by atoms with Crippen LogP contribution in [0, 0.1) is 5.41 Å².